The molecule has 0 spiro atoms. The van der Waals surface area contributed by atoms with Crippen molar-refractivity contribution in [3.63, 3.8) is 0 Å². The quantitative estimate of drug-likeness (QED) is 0.867. The smallest absolute Gasteiger partial charge is 0.158 e. The zero-order valence-electron chi connectivity index (χ0n) is 11.2. The van der Waals surface area contributed by atoms with Crippen molar-refractivity contribution in [2.75, 3.05) is 6.61 Å². The monoisotopic (exact) mass is 264 g/mol. The van der Waals surface area contributed by atoms with Gasteiger partial charge in [-0.3, -0.25) is 0 Å². The molecule has 0 aliphatic rings. The molecule has 0 radical (unpaired) electrons. The predicted molar refractivity (Wildman–Crippen MR) is 70.9 cm³/mol. The van der Waals surface area contributed by atoms with Crippen LogP contribution in [0.15, 0.2) is 40.8 Å². The maximum atomic E-state index is 13.6. The summed E-state index contributed by atoms with van der Waals surface area (Å²) < 4.78 is 19.3. The van der Waals surface area contributed by atoms with Crippen LogP contribution in [0.4, 0.5) is 4.39 Å². The number of furan rings is 1. The minimum absolute atomic E-state index is 0.0911. The van der Waals surface area contributed by atoms with E-state index < -0.39 is 0 Å². The third-order valence-electron chi connectivity index (χ3n) is 3.06. The number of aliphatic hydroxyl groups excluding tert-OH is 1. The summed E-state index contributed by atoms with van der Waals surface area (Å²) in [6, 6.07) is 10.2. The standard InChI is InChI=1S/C15H18FNO2/c1-15(2,10-18)17-9-11-7-8-14(19-11)12-5-3-4-6-13(12)16/h3-8,17-18H,9-10H2,1-2H3/p+1. The minimum atomic E-state index is -0.289. The van der Waals surface area contributed by atoms with Gasteiger partial charge in [-0.2, -0.15) is 0 Å². The Morgan fingerprint density at radius 1 is 1.21 bits per heavy atom. The summed E-state index contributed by atoms with van der Waals surface area (Å²) in [4.78, 5) is 0. The number of hydrogen-bond acceptors (Lipinski definition) is 2. The molecule has 1 heterocycles. The van der Waals surface area contributed by atoms with Gasteiger partial charge in [-0.05, 0) is 38.1 Å². The highest BCUT2D eigenvalue weighted by atomic mass is 19.1. The number of nitrogens with two attached hydrogens (primary N) is 1. The largest absolute Gasteiger partial charge is 0.455 e. The SMILES string of the molecule is CC(C)(CO)[NH2+]Cc1ccc(-c2ccccc2F)o1. The Kier molecular flexibility index (Phi) is 4.02. The van der Waals surface area contributed by atoms with Crippen LogP contribution in [0.3, 0.4) is 0 Å². The van der Waals surface area contributed by atoms with E-state index in [9.17, 15) is 9.50 Å². The minimum Gasteiger partial charge on any atom is -0.455 e. The topological polar surface area (TPSA) is 50.0 Å². The molecule has 102 valence electrons. The highest BCUT2D eigenvalue weighted by molar-refractivity contribution is 5.58. The average molecular weight is 264 g/mol. The Balaban J connectivity index is 2.10. The van der Waals surface area contributed by atoms with Gasteiger partial charge in [-0.1, -0.05) is 12.1 Å². The molecule has 0 aliphatic carbocycles. The van der Waals surface area contributed by atoms with Crippen LogP contribution in [0.5, 0.6) is 0 Å². The van der Waals surface area contributed by atoms with E-state index in [1.807, 2.05) is 25.2 Å². The first-order valence-electron chi connectivity index (χ1n) is 6.31. The maximum Gasteiger partial charge on any atom is 0.158 e. The van der Waals surface area contributed by atoms with Crippen LogP contribution in [0, 0.1) is 5.82 Å². The van der Waals surface area contributed by atoms with E-state index in [0.717, 1.165) is 5.76 Å². The Morgan fingerprint density at radius 2 is 1.95 bits per heavy atom. The van der Waals surface area contributed by atoms with E-state index in [1.54, 1.807) is 24.3 Å². The summed E-state index contributed by atoms with van der Waals surface area (Å²) in [5, 5.41) is 11.2. The fourth-order valence-electron chi connectivity index (χ4n) is 1.73. The number of aliphatic hydroxyl groups is 1. The lowest BCUT2D eigenvalue weighted by Gasteiger charge is -2.18. The first kappa shape index (κ1) is 13.8. The maximum absolute atomic E-state index is 13.6. The molecule has 19 heavy (non-hydrogen) atoms. The molecule has 1 aromatic heterocycles. The van der Waals surface area contributed by atoms with E-state index >= 15 is 0 Å². The Morgan fingerprint density at radius 3 is 2.63 bits per heavy atom. The molecule has 1 aromatic carbocycles. The Hall–Kier alpha value is -1.65. The van der Waals surface area contributed by atoms with Crippen molar-refractivity contribution in [3.05, 3.63) is 48.0 Å². The van der Waals surface area contributed by atoms with Crippen LogP contribution in [0.25, 0.3) is 11.3 Å². The number of halogens is 1. The molecule has 0 bridgehead atoms. The Bertz CT molecular complexity index is 549. The fraction of sp³-hybridized carbons (Fsp3) is 0.333. The number of hydrogen-bond donors (Lipinski definition) is 2. The van der Waals surface area contributed by atoms with E-state index in [4.69, 9.17) is 4.42 Å². The van der Waals surface area contributed by atoms with E-state index in [2.05, 4.69) is 0 Å². The van der Waals surface area contributed by atoms with E-state index in [-0.39, 0.29) is 18.0 Å². The van der Waals surface area contributed by atoms with Crippen LogP contribution < -0.4 is 5.32 Å². The highest BCUT2D eigenvalue weighted by Gasteiger charge is 2.20. The third-order valence-corrected chi connectivity index (χ3v) is 3.06. The summed E-state index contributed by atoms with van der Waals surface area (Å²) in [6.45, 7) is 4.61. The second kappa shape index (κ2) is 5.55. The molecular formula is C15H19FNO2+. The lowest BCUT2D eigenvalue weighted by Crippen LogP contribution is -2.95. The number of rotatable bonds is 5. The molecule has 0 unspecified atom stereocenters. The predicted octanol–water partition coefficient (Wildman–Crippen LogP) is 1.92. The normalized spacial score (nSPS) is 11.8. The van der Waals surface area contributed by atoms with Crippen molar-refractivity contribution >= 4 is 0 Å². The second-order valence-corrected chi connectivity index (χ2v) is 5.30. The lowest BCUT2D eigenvalue weighted by molar-refractivity contribution is -0.738. The van der Waals surface area contributed by atoms with Gasteiger partial charge < -0.3 is 14.8 Å². The lowest BCUT2D eigenvalue weighted by atomic mass is 10.1. The summed E-state index contributed by atoms with van der Waals surface area (Å²) in [5.41, 5.74) is 0.223. The van der Waals surface area contributed by atoms with Crippen molar-refractivity contribution in [2.24, 2.45) is 0 Å². The average Bonchev–Trinajstić information content (AvgIpc) is 2.86. The van der Waals surface area contributed by atoms with Gasteiger partial charge in [0, 0.05) is 0 Å². The van der Waals surface area contributed by atoms with Gasteiger partial charge in [-0.15, -0.1) is 0 Å². The van der Waals surface area contributed by atoms with Crippen molar-refractivity contribution in [1.29, 1.82) is 0 Å². The van der Waals surface area contributed by atoms with Crippen LogP contribution in [-0.2, 0) is 6.54 Å². The van der Waals surface area contributed by atoms with Crippen LogP contribution >= 0.6 is 0 Å². The molecule has 3 N–H and O–H groups in total. The second-order valence-electron chi connectivity index (χ2n) is 5.30. The van der Waals surface area contributed by atoms with Crippen molar-refractivity contribution < 1.29 is 19.2 Å². The molecule has 2 rings (SSSR count). The molecular weight excluding hydrogens is 245 g/mol. The van der Waals surface area contributed by atoms with E-state index in [0.29, 0.717) is 17.9 Å². The van der Waals surface area contributed by atoms with Crippen molar-refractivity contribution in [1.82, 2.24) is 0 Å². The summed E-state index contributed by atoms with van der Waals surface area (Å²) >= 11 is 0. The molecule has 3 nitrogen and oxygen atoms in total. The van der Waals surface area contributed by atoms with Crippen molar-refractivity contribution in [2.45, 2.75) is 25.9 Å². The summed E-state index contributed by atoms with van der Waals surface area (Å²) in [6.07, 6.45) is 0. The molecule has 4 heteroatoms. The number of quaternary nitrogens is 1. The van der Waals surface area contributed by atoms with Crippen LogP contribution in [-0.4, -0.2) is 17.3 Å². The zero-order valence-corrected chi connectivity index (χ0v) is 11.2. The molecule has 0 amide bonds. The molecule has 0 fully saturated rings. The van der Waals surface area contributed by atoms with Gasteiger partial charge >= 0.3 is 0 Å². The number of benzene rings is 1. The van der Waals surface area contributed by atoms with Gasteiger partial charge in [0.25, 0.3) is 0 Å². The van der Waals surface area contributed by atoms with E-state index in [1.165, 1.54) is 6.07 Å². The van der Waals surface area contributed by atoms with Gasteiger partial charge in [0.1, 0.15) is 23.7 Å². The third kappa shape index (κ3) is 3.43. The molecule has 0 aliphatic heterocycles. The fourth-order valence-corrected chi connectivity index (χ4v) is 1.73. The zero-order chi connectivity index (χ0) is 13.9. The van der Waals surface area contributed by atoms with Crippen LogP contribution in [0.1, 0.15) is 19.6 Å². The summed E-state index contributed by atoms with van der Waals surface area (Å²) in [7, 11) is 0. The first-order valence-corrected chi connectivity index (χ1v) is 6.31. The van der Waals surface area contributed by atoms with Gasteiger partial charge in [-0.25, -0.2) is 4.39 Å². The molecule has 0 saturated carbocycles. The van der Waals surface area contributed by atoms with Crippen LogP contribution in [0.2, 0.25) is 0 Å². The van der Waals surface area contributed by atoms with Gasteiger partial charge in [0.15, 0.2) is 5.76 Å². The Labute approximate surface area is 112 Å². The van der Waals surface area contributed by atoms with Gasteiger partial charge in [0.2, 0.25) is 0 Å². The highest BCUT2D eigenvalue weighted by Crippen LogP contribution is 2.24. The first-order chi connectivity index (χ1) is 9.02. The molecule has 0 atom stereocenters. The molecule has 2 aromatic rings. The van der Waals surface area contributed by atoms with Crippen molar-refractivity contribution in [3.8, 4) is 11.3 Å². The van der Waals surface area contributed by atoms with Gasteiger partial charge in [0.05, 0.1) is 12.2 Å². The summed E-state index contributed by atoms with van der Waals surface area (Å²) in [5.74, 6) is 1.01. The molecule has 0 saturated heterocycles.